The first-order chi connectivity index (χ1) is 11.7. The molecule has 0 amide bonds. The molecule has 0 unspecified atom stereocenters. The number of benzene rings is 2. The van der Waals surface area contributed by atoms with Gasteiger partial charge in [-0.15, -0.1) is 0 Å². The molecule has 1 N–H and O–H groups in total. The van der Waals surface area contributed by atoms with Gasteiger partial charge in [-0.3, -0.25) is 9.59 Å². The van der Waals surface area contributed by atoms with Crippen LogP contribution in [-0.4, -0.2) is 29.2 Å². The maximum Gasteiger partial charge on any atom is 0.377 e. The summed E-state index contributed by atoms with van der Waals surface area (Å²) in [4.78, 5) is 34.1. The van der Waals surface area contributed by atoms with Crippen molar-refractivity contribution in [2.24, 2.45) is 0 Å². The van der Waals surface area contributed by atoms with Gasteiger partial charge < -0.3 is 9.84 Å². The van der Waals surface area contributed by atoms with Crippen molar-refractivity contribution >= 4 is 17.5 Å². The second kappa shape index (κ2) is 7.30. The average Bonchev–Trinajstić information content (AvgIpc) is 2.58. The van der Waals surface area contributed by atoms with Gasteiger partial charge in [-0.2, -0.15) is 0 Å². The van der Waals surface area contributed by atoms with Crippen LogP contribution in [0.5, 0.6) is 5.75 Å². The van der Waals surface area contributed by atoms with Crippen molar-refractivity contribution in [2.75, 3.05) is 6.61 Å². The van der Waals surface area contributed by atoms with E-state index in [-0.39, 0.29) is 23.4 Å². The van der Waals surface area contributed by atoms with E-state index >= 15 is 0 Å². The minimum absolute atomic E-state index is 0.0210. The smallest absolute Gasteiger partial charge is 0.377 e. The molecule has 0 bridgehead atoms. The van der Waals surface area contributed by atoms with E-state index in [1.807, 2.05) is 12.1 Å². The van der Waals surface area contributed by atoms with Crippen molar-refractivity contribution in [2.45, 2.75) is 26.2 Å². The molecule has 0 heterocycles. The Morgan fingerprint density at radius 3 is 1.88 bits per heavy atom. The Morgan fingerprint density at radius 2 is 1.40 bits per heavy atom. The van der Waals surface area contributed by atoms with Crippen LogP contribution in [0, 0.1) is 0 Å². The van der Waals surface area contributed by atoms with Gasteiger partial charge in [0, 0.05) is 11.1 Å². The Kier molecular flexibility index (Phi) is 5.37. The highest BCUT2D eigenvalue weighted by Gasteiger charge is 2.15. The van der Waals surface area contributed by atoms with E-state index in [1.54, 1.807) is 12.1 Å². The molecule has 5 heteroatoms. The van der Waals surface area contributed by atoms with E-state index in [9.17, 15) is 14.4 Å². The number of carboxylic acids is 1. The molecular weight excluding hydrogens is 320 g/mol. The lowest BCUT2D eigenvalue weighted by Crippen LogP contribution is -2.14. The SMILES string of the molecule is CC(C)(C)c1ccc(C(=O)COc2ccc(C(=O)C(=O)O)cc2)cc1. The van der Waals surface area contributed by atoms with E-state index in [0.717, 1.165) is 5.56 Å². The summed E-state index contributed by atoms with van der Waals surface area (Å²) in [5.74, 6) is -2.27. The van der Waals surface area contributed by atoms with Crippen molar-refractivity contribution in [3.05, 3.63) is 65.2 Å². The molecular formula is C20H20O5. The Balaban J connectivity index is 1.98. The van der Waals surface area contributed by atoms with E-state index in [2.05, 4.69) is 20.8 Å². The van der Waals surface area contributed by atoms with Crippen LogP contribution in [0.25, 0.3) is 0 Å². The standard InChI is InChI=1S/C20H20O5/c1-20(2,3)15-8-4-13(5-9-15)17(21)12-25-16-10-6-14(7-11-16)18(22)19(23)24/h4-11H,12H2,1-3H3,(H,23,24). The molecule has 0 aliphatic heterocycles. The van der Waals surface area contributed by atoms with Crippen LogP contribution < -0.4 is 4.74 Å². The molecule has 2 rings (SSSR count). The van der Waals surface area contributed by atoms with Gasteiger partial charge >= 0.3 is 5.97 Å². The van der Waals surface area contributed by atoms with Crippen LogP contribution in [0.2, 0.25) is 0 Å². The number of ketones is 2. The molecule has 2 aromatic rings. The average molecular weight is 340 g/mol. The third kappa shape index (κ3) is 4.76. The molecule has 25 heavy (non-hydrogen) atoms. The third-order valence-electron chi connectivity index (χ3n) is 3.75. The summed E-state index contributed by atoms with van der Waals surface area (Å²) in [6, 6.07) is 13.1. The molecule has 5 nitrogen and oxygen atoms in total. The lowest BCUT2D eigenvalue weighted by molar-refractivity contribution is -0.131. The number of hydrogen-bond donors (Lipinski definition) is 1. The fourth-order valence-corrected chi connectivity index (χ4v) is 2.21. The monoisotopic (exact) mass is 340 g/mol. The molecule has 2 aromatic carbocycles. The zero-order valence-electron chi connectivity index (χ0n) is 14.4. The first-order valence-electron chi connectivity index (χ1n) is 7.83. The quantitative estimate of drug-likeness (QED) is 0.643. The first kappa shape index (κ1) is 18.4. The lowest BCUT2D eigenvalue weighted by Gasteiger charge is -2.19. The van der Waals surface area contributed by atoms with Crippen molar-refractivity contribution in [3.63, 3.8) is 0 Å². The number of carboxylic acid groups (broad SMARTS) is 1. The summed E-state index contributed by atoms with van der Waals surface area (Å²) in [6.45, 7) is 6.17. The number of carbonyl (C=O) groups is 3. The van der Waals surface area contributed by atoms with Crippen molar-refractivity contribution in [1.82, 2.24) is 0 Å². The summed E-state index contributed by atoms with van der Waals surface area (Å²) in [7, 11) is 0. The number of ether oxygens (including phenoxy) is 1. The molecule has 0 saturated heterocycles. The second-order valence-corrected chi connectivity index (χ2v) is 6.70. The highest BCUT2D eigenvalue weighted by molar-refractivity contribution is 6.39. The summed E-state index contributed by atoms with van der Waals surface area (Å²) in [5, 5.41) is 8.65. The summed E-state index contributed by atoms with van der Waals surface area (Å²) in [5.41, 5.74) is 1.78. The number of Topliss-reactive ketones (excluding diaryl/α,β-unsaturated/α-hetero) is 2. The number of hydrogen-bond acceptors (Lipinski definition) is 4. The Hall–Kier alpha value is -2.95. The molecule has 0 radical (unpaired) electrons. The number of carbonyl (C=O) groups excluding carboxylic acids is 2. The third-order valence-corrected chi connectivity index (χ3v) is 3.75. The molecule has 0 aromatic heterocycles. The normalized spacial score (nSPS) is 11.0. The lowest BCUT2D eigenvalue weighted by atomic mass is 9.86. The maximum absolute atomic E-state index is 12.2. The van der Waals surface area contributed by atoms with Crippen LogP contribution in [0.1, 0.15) is 47.1 Å². The minimum Gasteiger partial charge on any atom is -0.485 e. The maximum atomic E-state index is 12.2. The molecule has 130 valence electrons. The number of aliphatic carboxylic acids is 1. The zero-order chi connectivity index (χ0) is 18.6. The summed E-state index contributed by atoms with van der Waals surface area (Å²) >= 11 is 0. The second-order valence-electron chi connectivity index (χ2n) is 6.70. The zero-order valence-corrected chi connectivity index (χ0v) is 14.4. The van der Waals surface area contributed by atoms with E-state index in [1.165, 1.54) is 24.3 Å². The van der Waals surface area contributed by atoms with Crippen molar-refractivity contribution in [1.29, 1.82) is 0 Å². The largest absolute Gasteiger partial charge is 0.485 e. The fraction of sp³-hybridized carbons (Fsp3) is 0.250. The highest BCUT2D eigenvalue weighted by atomic mass is 16.5. The van der Waals surface area contributed by atoms with Gasteiger partial charge in [0.15, 0.2) is 12.4 Å². The molecule has 0 aliphatic rings. The van der Waals surface area contributed by atoms with Crippen molar-refractivity contribution in [3.8, 4) is 5.75 Å². The van der Waals surface area contributed by atoms with Crippen LogP contribution in [-0.2, 0) is 10.2 Å². The Labute approximate surface area is 146 Å². The van der Waals surface area contributed by atoms with Gasteiger partial charge in [0.25, 0.3) is 5.78 Å². The topological polar surface area (TPSA) is 80.7 Å². The van der Waals surface area contributed by atoms with Gasteiger partial charge in [-0.1, -0.05) is 45.0 Å². The van der Waals surface area contributed by atoms with Crippen LogP contribution in [0.15, 0.2) is 48.5 Å². The Morgan fingerprint density at radius 1 is 0.880 bits per heavy atom. The number of rotatable bonds is 6. The molecule has 0 spiro atoms. The van der Waals surface area contributed by atoms with Gasteiger partial charge in [0.1, 0.15) is 5.75 Å². The Bertz CT molecular complexity index is 780. The predicted molar refractivity (Wildman–Crippen MR) is 93.4 cm³/mol. The van der Waals surface area contributed by atoms with E-state index < -0.39 is 11.8 Å². The molecule has 0 fully saturated rings. The molecule has 0 aliphatic carbocycles. The summed E-state index contributed by atoms with van der Waals surface area (Å²) < 4.78 is 5.41. The van der Waals surface area contributed by atoms with Crippen LogP contribution >= 0.6 is 0 Å². The van der Waals surface area contributed by atoms with Gasteiger partial charge in [0.2, 0.25) is 0 Å². The minimum atomic E-state index is -1.51. The summed E-state index contributed by atoms with van der Waals surface area (Å²) in [6.07, 6.45) is 0. The van der Waals surface area contributed by atoms with Gasteiger partial charge in [0.05, 0.1) is 0 Å². The van der Waals surface area contributed by atoms with Gasteiger partial charge in [-0.05, 0) is 35.2 Å². The fourth-order valence-electron chi connectivity index (χ4n) is 2.21. The van der Waals surface area contributed by atoms with Crippen LogP contribution in [0.3, 0.4) is 0 Å². The van der Waals surface area contributed by atoms with Crippen LogP contribution in [0.4, 0.5) is 0 Å². The van der Waals surface area contributed by atoms with Crippen molar-refractivity contribution < 1.29 is 24.2 Å². The molecule has 0 atom stereocenters. The first-order valence-corrected chi connectivity index (χ1v) is 7.83. The predicted octanol–water partition coefficient (Wildman–Crippen LogP) is 3.51. The van der Waals surface area contributed by atoms with E-state index in [0.29, 0.717) is 11.3 Å². The molecule has 0 saturated carbocycles. The van der Waals surface area contributed by atoms with E-state index in [4.69, 9.17) is 9.84 Å². The van der Waals surface area contributed by atoms with Gasteiger partial charge in [-0.25, -0.2) is 4.79 Å². The highest BCUT2D eigenvalue weighted by Crippen LogP contribution is 2.22.